The van der Waals surface area contributed by atoms with E-state index < -0.39 is 17.0 Å². The van der Waals surface area contributed by atoms with Crippen LogP contribution in [0, 0.1) is 0 Å². The highest BCUT2D eigenvalue weighted by atomic mass is 35.5. The van der Waals surface area contributed by atoms with Crippen LogP contribution in [-0.2, 0) is 6.18 Å². The minimum absolute atomic E-state index is 0.0695. The molecule has 2 heterocycles. The van der Waals surface area contributed by atoms with Crippen molar-refractivity contribution in [2.75, 3.05) is 0 Å². The summed E-state index contributed by atoms with van der Waals surface area (Å²) in [6, 6.07) is 6.01. The van der Waals surface area contributed by atoms with Crippen LogP contribution in [0.1, 0.15) is 11.3 Å². The molecule has 0 radical (unpaired) electrons. The maximum Gasteiger partial charge on any atom is 0.416 e. The molecule has 2 aromatic rings. The van der Waals surface area contributed by atoms with Gasteiger partial charge in [0, 0.05) is 5.56 Å². The normalized spacial score (nSPS) is 16.8. The summed E-state index contributed by atoms with van der Waals surface area (Å²) >= 11 is 6.81. The summed E-state index contributed by atoms with van der Waals surface area (Å²) < 4.78 is 44.0. The van der Waals surface area contributed by atoms with Gasteiger partial charge in [-0.15, -0.1) is 0 Å². The highest BCUT2D eigenvalue weighted by Crippen LogP contribution is 2.37. The zero-order chi connectivity index (χ0) is 17.5. The molecule has 0 saturated carbocycles. The molecule has 0 bridgehead atoms. The molecule has 2 N–H and O–H groups in total. The van der Waals surface area contributed by atoms with E-state index in [2.05, 4.69) is 4.99 Å². The molecule has 1 aromatic carbocycles. The van der Waals surface area contributed by atoms with Crippen molar-refractivity contribution in [1.29, 1.82) is 0 Å². The zero-order valence-corrected chi connectivity index (χ0v) is 13.3. The van der Waals surface area contributed by atoms with Crippen molar-refractivity contribution < 1.29 is 22.4 Å². The first-order valence-electron chi connectivity index (χ1n) is 6.49. The van der Waals surface area contributed by atoms with E-state index in [1.165, 1.54) is 18.2 Å². The topological polar surface area (TPSA) is 68.6 Å². The molecule has 1 aliphatic rings. The number of nitrogens with two attached hydrogens (primary N) is 1. The van der Waals surface area contributed by atoms with Gasteiger partial charge in [0.15, 0.2) is 0 Å². The van der Waals surface area contributed by atoms with Crippen LogP contribution in [0.3, 0.4) is 0 Å². The summed E-state index contributed by atoms with van der Waals surface area (Å²) in [6.45, 7) is 0. The third-order valence-electron chi connectivity index (χ3n) is 3.12. The van der Waals surface area contributed by atoms with Gasteiger partial charge in [-0.3, -0.25) is 4.79 Å². The van der Waals surface area contributed by atoms with E-state index in [1.54, 1.807) is 0 Å². The molecule has 0 aliphatic carbocycles. The molecule has 24 heavy (non-hydrogen) atoms. The fraction of sp³-hybridized carbons (Fsp3) is 0.0667. The molecule has 124 valence electrons. The number of thioether (sulfide) groups is 1. The minimum atomic E-state index is -4.48. The zero-order valence-electron chi connectivity index (χ0n) is 11.7. The van der Waals surface area contributed by atoms with Crippen molar-refractivity contribution in [2.24, 2.45) is 10.7 Å². The number of aliphatic imine (C=N–C) groups is 1. The first kappa shape index (κ1) is 16.7. The Labute approximate surface area is 143 Å². The molecule has 1 aliphatic heterocycles. The lowest BCUT2D eigenvalue weighted by Gasteiger charge is -2.09. The Bertz CT molecular complexity index is 887. The molecule has 0 atom stereocenters. The first-order valence-corrected chi connectivity index (χ1v) is 7.68. The third-order valence-corrected chi connectivity index (χ3v) is 4.26. The Morgan fingerprint density at radius 2 is 2.00 bits per heavy atom. The highest BCUT2D eigenvalue weighted by Gasteiger charge is 2.31. The van der Waals surface area contributed by atoms with Gasteiger partial charge in [0.2, 0.25) is 0 Å². The molecule has 0 unspecified atom stereocenters. The van der Waals surface area contributed by atoms with Crippen LogP contribution in [0.2, 0.25) is 5.02 Å². The second-order valence-corrected chi connectivity index (χ2v) is 6.17. The summed E-state index contributed by atoms with van der Waals surface area (Å²) in [5.74, 6) is 0.552. The lowest BCUT2D eigenvalue weighted by molar-refractivity contribution is -0.137. The molecule has 0 saturated heterocycles. The van der Waals surface area contributed by atoms with Crippen molar-refractivity contribution in [1.82, 2.24) is 0 Å². The predicted molar refractivity (Wildman–Crippen MR) is 86.7 cm³/mol. The van der Waals surface area contributed by atoms with Crippen molar-refractivity contribution >= 4 is 40.5 Å². The van der Waals surface area contributed by atoms with Crippen LogP contribution in [-0.4, -0.2) is 11.1 Å². The highest BCUT2D eigenvalue weighted by molar-refractivity contribution is 8.18. The molecule has 4 nitrogen and oxygen atoms in total. The maximum atomic E-state index is 12.8. The smallest absolute Gasteiger partial charge is 0.416 e. The Balaban J connectivity index is 1.96. The van der Waals surface area contributed by atoms with Gasteiger partial charge in [-0.1, -0.05) is 11.6 Å². The van der Waals surface area contributed by atoms with E-state index in [4.69, 9.17) is 21.8 Å². The average Bonchev–Trinajstić information content (AvgIpc) is 3.05. The Hall–Kier alpha value is -2.19. The fourth-order valence-corrected chi connectivity index (χ4v) is 2.89. The third kappa shape index (κ3) is 3.34. The van der Waals surface area contributed by atoms with Crippen molar-refractivity contribution in [3.05, 3.63) is 51.6 Å². The van der Waals surface area contributed by atoms with Gasteiger partial charge >= 0.3 is 11.4 Å². The van der Waals surface area contributed by atoms with Crippen LogP contribution in [0.4, 0.5) is 18.0 Å². The first-order chi connectivity index (χ1) is 11.2. The molecular weight excluding hydrogens is 365 g/mol. The summed E-state index contributed by atoms with van der Waals surface area (Å²) in [4.78, 5) is 15.1. The quantitative estimate of drug-likeness (QED) is 0.788. The number of amides is 1. The second kappa shape index (κ2) is 6.03. The van der Waals surface area contributed by atoms with Crippen LogP contribution in [0.15, 0.2) is 44.6 Å². The van der Waals surface area contributed by atoms with E-state index >= 15 is 0 Å². The second-order valence-electron chi connectivity index (χ2n) is 4.77. The van der Waals surface area contributed by atoms with Crippen molar-refractivity contribution in [3.63, 3.8) is 0 Å². The standard InChI is InChI=1S/C15H8ClF3N2O2S/c16-10-3-1-7(15(17,18)19)5-9(10)11-4-2-8(23-11)6-12-13(20)21-14(22)24-12/h1-6H,(H2,20,21,22)/b12-6-. The summed E-state index contributed by atoms with van der Waals surface area (Å²) in [5.41, 5.74) is 4.87. The molecule has 1 amide bonds. The van der Waals surface area contributed by atoms with Gasteiger partial charge in [0.05, 0.1) is 15.5 Å². The number of carbonyl (C=O) groups excluding carboxylic acids is 1. The van der Waals surface area contributed by atoms with Gasteiger partial charge in [0.1, 0.15) is 17.4 Å². The monoisotopic (exact) mass is 372 g/mol. The number of furan rings is 1. The van der Waals surface area contributed by atoms with E-state index in [0.29, 0.717) is 10.7 Å². The Kier molecular flexibility index (Phi) is 4.18. The van der Waals surface area contributed by atoms with Gasteiger partial charge in [-0.05, 0) is 48.2 Å². The van der Waals surface area contributed by atoms with Gasteiger partial charge in [0.25, 0.3) is 0 Å². The Morgan fingerprint density at radius 1 is 1.25 bits per heavy atom. The van der Waals surface area contributed by atoms with E-state index in [1.807, 2.05) is 0 Å². The van der Waals surface area contributed by atoms with E-state index in [9.17, 15) is 18.0 Å². The van der Waals surface area contributed by atoms with Crippen LogP contribution < -0.4 is 5.73 Å². The molecular formula is C15H8ClF3N2O2S. The van der Waals surface area contributed by atoms with E-state index in [-0.39, 0.29) is 22.2 Å². The number of nitrogens with zero attached hydrogens (tertiary/aromatic N) is 1. The number of hydrogen-bond donors (Lipinski definition) is 1. The molecule has 1 aromatic heterocycles. The summed E-state index contributed by atoms with van der Waals surface area (Å²) in [5, 5.41) is -0.311. The SMILES string of the molecule is NC1=NC(=O)S/C1=C\c1ccc(-c2cc(C(F)(F)F)ccc2Cl)o1. The van der Waals surface area contributed by atoms with Crippen LogP contribution in [0.25, 0.3) is 17.4 Å². The summed E-state index contributed by atoms with van der Waals surface area (Å²) in [6.07, 6.45) is -3.00. The molecule has 9 heteroatoms. The molecule has 3 rings (SSSR count). The molecule has 0 fully saturated rings. The molecule has 0 spiro atoms. The van der Waals surface area contributed by atoms with Crippen molar-refractivity contribution in [2.45, 2.75) is 6.18 Å². The van der Waals surface area contributed by atoms with Crippen molar-refractivity contribution in [3.8, 4) is 11.3 Å². The number of halogens is 4. The predicted octanol–water partition coefficient (Wildman–Crippen LogP) is 5.18. The Morgan fingerprint density at radius 3 is 2.62 bits per heavy atom. The largest absolute Gasteiger partial charge is 0.457 e. The maximum absolute atomic E-state index is 12.8. The van der Waals surface area contributed by atoms with Gasteiger partial charge < -0.3 is 10.2 Å². The number of rotatable bonds is 2. The van der Waals surface area contributed by atoms with Crippen LogP contribution >= 0.6 is 23.4 Å². The number of benzene rings is 1. The summed E-state index contributed by atoms with van der Waals surface area (Å²) in [7, 11) is 0. The lowest BCUT2D eigenvalue weighted by atomic mass is 10.1. The lowest BCUT2D eigenvalue weighted by Crippen LogP contribution is -2.08. The number of amidine groups is 1. The fourth-order valence-electron chi connectivity index (χ4n) is 2.02. The van der Waals surface area contributed by atoms with Crippen LogP contribution in [0.5, 0.6) is 0 Å². The number of carbonyl (C=O) groups is 1. The number of hydrogen-bond acceptors (Lipinski definition) is 4. The van der Waals surface area contributed by atoms with Gasteiger partial charge in [-0.2, -0.15) is 18.2 Å². The number of alkyl halides is 3. The van der Waals surface area contributed by atoms with Gasteiger partial charge in [-0.25, -0.2) is 0 Å². The minimum Gasteiger partial charge on any atom is -0.457 e. The average molecular weight is 373 g/mol. The van der Waals surface area contributed by atoms with E-state index in [0.717, 1.165) is 30.0 Å².